The van der Waals surface area contributed by atoms with Crippen LogP contribution in [0.3, 0.4) is 0 Å². The topological polar surface area (TPSA) is 25.4 Å². The maximum atomic E-state index is 5.65. The van der Waals surface area contributed by atoms with Gasteiger partial charge in [0, 0.05) is 24.0 Å². The highest BCUT2D eigenvalue weighted by molar-refractivity contribution is 7.13. The first-order valence-electron chi connectivity index (χ1n) is 10.2. The summed E-state index contributed by atoms with van der Waals surface area (Å²) in [6.07, 6.45) is 2.66. The molecule has 1 aliphatic heterocycles. The van der Waals surface area contributed by atoms with E-state index in [2.05, 4.69) is 53.6 Å². The lowest BCUT2D eigenvalue weighted by molar-refractivity contribution is 0.175. The van der Waals surface area contributed by atoms with Gasteiger partial charge < -0.3 is 4.74 Å². The van der Waals surface area contributed by atoms with Crippen molar-refractivity contribution in [3.05, 3.63) is 59.6 Å². The molecule has 0 amide bonds. The predicted molar refractivity (Wildman–Crippen MR) is 118 cm³/mol. The fourth-order valence-corrected chi connectivity index (χ4v) is 4.74. The number of piperidine rings is 1. The van der Waals surface area contributed by atoms with Crippen LogP contribution in [-0.4, -0.2) is 29.6 Å². The van der Waals surface area contributed by atoms with Crippen molar-refractivity contribution in [1.82, 2.24) is 9.88 Å². The van der Waals surface area contributed by atoms with Gasteiger partial charge in [-0.05, 0) is 61.6 Å². The minimum Gasteiger partial charge on any atom is -0.494 e. The van der Waals surface area contributed by atoms with Crippen molar-refractivity contribution < 1.29 is 4.74 Å². The highest BCUT2D eigenvalue weighted by atomic mass is 32.1. The molecule has 0 bridgehead atoms. The Morgan fingerprint density at radius 3 is 2.71 bits per heavy atom. The Kier molecular flexibility index (Phi) is 6.08. The fraction of sp³-hybridized carbons (Fsp3) is 0.375. The molecule has 1 unspecified atom stereocenters. The number of hydrogen-bond acceptors (Lipinski definition) is 4. The zero-order valence-electron chi connectivity index (χ0n) is 16.7. The number of thiazole rings is 1. The van der Waals surface area contributed by atoms with Crippen molar-refractivity contribution >= 4 is 11.3 Å². The second kappa shape index (κ2) is 8.89. The van der Waals surface area contributed by atoms with E-state index in [0.717, 1.165) is 23.2 Å². The van der Waals surface area contributed by atoms with E-state index in [1.807, 2.05) is 19.1 Å². The Balaban J connectivity index is 1.52. The van der Waals surface area contributed by atoms with E-state index in [4.69, 9.17) is 9.72 Å². The van der Waals surface area contributed by atoms with Gasteiger partial charge in [0.2, 0.25) is 0 Å². The first-order valence-corrected chi connectivity index (χ1v) is 11.1. The van der Waals surface area contributed by atoms with Crippen LogP contribution in [0.4, 0.5) is 0 Å². The van der Waals surface area contributed by atoms with Gasteiger partial charge in [0.15, 0.2) is 0 Å². The molecular weight excluding hydrogens is 364 g/mol. The van der Waals surface area contributed by atoms with Gasteiger partial charge in [-0.3, -0.25) is 4.90 Å². The molecule has 0 N–H and O–H groups in total. The van der Waals surface area contributed by atoms with Crippen LogP contribution in [0.25, 0.3) is 21.7 Å². The third-order valence-corrected chi connectivity index (χ3v) is 6.21. The number of rotatable bonds is 6. The zero-order valence-corrected chi connectivity index (χ0v) is 17.5. The third kappa shape index (κ3) is 4.62. The minimum atomic E-state index is 0.682. The SMILES string of the molecule is CCOc1cccc(-c2cccc(-c3nc(CN4CCCC(C)C4)cs3)c2)c1. The van der Waals surface area contributed by atoms with Crippen molar-refractivity contribution in [2.45, 2.75) is 33.2 Å². The molecule has 1 fully saturated rings. The van der Waals surface area contributed by atoms with Crippen molar-refractivity contribution in [2.75, 3.05) is 19.7 Å². The van der Waals surface area contributed by atoms with Gasteiger partial charge in [-0.25, -0.2) is 4.98 Å². The summed E-state index contributed by atoms with van der Waals surface area (Å²) in [5.74, 6) is 1.72. The highest BCUT2D eigenvalue weighted by Gasteiger charge is 2.17. The molecule has 4 heteroatoms. The number of benzene rings is 2. The average molecular weight is 393 g/mol. The Morgan fingerprint density at radius 1 is 1.11 bits per heavy atom. The van der Waals surface area contributed by atoms with Crippen LogP contribution < -0.4 is 4.74 Å². The molecule has 1 aliphatic rings. The number of hydrogen-bond donors (Lipinski definition) is 0. The number of likely N-dealkylation sites (tertiary alicyclic amines) is 1. The summed E-state index contributed by atoms with van der Waals surface area (Å²) in [5.41, 5.74) is 4.74. The summed E-state index contributed by atoms with van der Waals surface area (Å²) < 4.78 is 5.65. The van der Waals surface area contributed by atoms with E-state index < -0.39 is 0 Å². The zero-order chi connectivity index (χ0) is 19.3. The summed E-state index contributed by atoms with van der Waals surface area (Å²) >= 11 is 1.74. The summed E-state index contributed by atoms with van der Waals surface area (Å²) in [7, 11) is 0. The molecule has 0 aliphatic carbocycles. The van der Waals surface area contributed by atoms with Gasteiger partial charge in [0.25, 0.3) is 0 Å². The standard InChI is InChI=1S/C24H28N2OS/c1-3-27-23-11-5-9-20(14-23)19-8-4-10-21(13-19)24-25-22(17-28-24)16-26-12-6-7-18(2)15-26/h4-5,8-11,13-14,17-18H,3,6-7,12,15-16H2,1-2H3. The lowest BCUT2D eigenvalue weighted by Crippen LogP contribution is -2.33. The number of aromatic nitrogens is 1. The molecule has 3 nitrogen and oxygen atoms in total. The van der Waals surface area contributed by atoms with Crippen molar-refractivity contribution in [3.63, 3.8) is 0 Å². The molecule has 2 heterocycles. The van der Waals surface area contributed by atoms with Gasteiger partial charge in [-0.2, -0.15) is 0 Å². The van der Waals surface area contributed by atoms with Crippen molar-refractivity contribution in [3.8, 4) is 27.4 Å². The minimum absolute atomic E-state index is 0.682. The average Bonchev–Trinajstić information content (AvgIpc) is 3.17. The first kappa shape index (κ1) is 19.2. The predicted octanol–water partition coefficient (Wildman–Crippen LogP) is 6.11. The van der Waals surface area contributed by atoms with Gasteiger partial charge >= 0.3 is 0 Å². The van der Waals surface area contributed by atoms with Crippen molar-refractivity contribution in [1.29, 1.82) is 0 Å². The van der Waals surface area contributed by atoms with E-state index in [1.165, 1.54) is 48.3 Å². The van der Waals surface area contributed by atoms with Gasteiger partial charge in [0.05, 0.1) is 12.3 Å². The Hall–Kier alpha value is -2.17. The molecule has 1 saturated heterocycles. The molecule has 2 aromatic carbocycles. The molecule has 3 aromatic rings. The van der Waals surface area contributed by atoms with Gasteiger partial charge in [-0.1, -0.05) is 37.3 Å². The maximum absolute atomic E-state index is 5.65. The van der Waals surface area contributed by atoms with E-state index in [0.29, 0.717) is 6.61 Å². The van der Waals surface area contributed by atoms with Crippen LogP contribution in [0.15, 0.2) is 53.9 Å². The summed E-state index contributed by atoms with van der Waals surface area (Å²) in [6.45, 7) is 8.40. The van der Waals surface area contributed by atoms with Gasteiger partial charge in [0.1, 0.15) is 10.8 Å². The molecule has 0 spiro atoms. The third-order valence-electron chi connectivity index (χ3n) is 5.27. The molecule has 28 heavy (non-hydrogen) atoms. The van der Waals surface area contributed by atoms with Crippen LogP contribution in [0.2, 0.25) is 0 Å². The highest BCUT2D eigenvalue weighted by Crippen LogP contribution is 2.30. The van der Waals surface area contributed by atoms with E-state index in [-0.39, 0.29) is 0 Å². The molecule has 1 atom stereocenters. The molecule has 1 aromatic heterocycles. The van der Waals surface area contributed by atoms with Crippen LogP contribution in [0.1, 0.15) is 32.4 Å². The van der Waals surface area contributed by atoms with Crippen molar-refractivity contribution in [2.24, 2.45) is 5.92 Å². The molecule has 4 rings (SSSR count). The smallest absolute Gasteiger partial charge is 0.123 e. The molecule has 0 saturated carbocycles. The van der Waals surface area contributed by atoms with Gasteiger partial charge in [-0.15, -0.1) is 11.3 Å². The summed E-state index contributed by atoms with van der Waals surface area (Å²) in [6, 6.07) is 16.9. The summed E-state index contributed by atoms with van der Waals surface area (Å²) in [5, 5.41) is 3.32. The Labute approximate surface area is 172 Å². The van der Waals surface area contributed by atoms with E-state index >= 15 is 0 Å². The van der Waals surface area contributed by atoms with Crippen LogP contribution in [0.5, 0.6) is 5.75 Å². The molecule has 146 valence electrons. The number of nitrogens with zero attached hydrogens (tertiary/aromatic N) is 2. The maximum Gasteiger partial charge on any atom is 0.123 e. The molecular formula is C24H28N2OS. The first-order chi connectivity index (χ1) is 13.7. The lowest BCUT2D eigenvalue weighted by atomic mass is 10.0. The largest absolute Gasteiger partial charge is 0.494 e. The van der Waals surface area contributed by atoms with E-state index in [1.54, 1.807) is 11.3 Å². The fourth-order valence-electron chi connectivity index (χ4n) is 3.94. The van der Waals surface area contributed by atoms with Crippen LogP contribution in [0, 0.1) is 5.92 Å². The van der Waals surface area contributed by atoms with Crippen LogP contribution >= 0.6 is 11.3 Å². The second-order valence-corrected chi connectivity index (χ2v) is 8.53. The lowest BCUT2D eigenvalue weighted by Gasteiger charge is -2.30. The monoisotopic (exact) mass is 392 g/mol. The summed E-state index contributed by atoms with van der Waals surface area (Å²) in [4.78, 5) is 7.48. The Morgan fingerprint density at radius 2 is 1.89 bits per heavy atom. The normalized spacial score (nSPS) is 17.6. The Bertz CT molecular complexity index is 920. The second-order valence-electron chi connectivity index (χ2n) is 7.67. The quantitative estimate of drug-likeness (QED) is 0.506. The molecule has 0 radical (unpaired) electrons. The van der Waals surface area contributed by atoms with Crippen LogP contribution in [-0.2, 0) is 6.54 Å². The number of ether oxygens (including phenoxy) is 1. The van der Waals surface area contributed by atoms with E-state index in [9.17, 15) is 0 Å².